The maximum atomic E-state index is 12.8. The number of nitrogens with zero attached hydrogens (tertiary/aromatic N) is 6. The Morgan fingerprint density at radius 2 is 1.72 bits per heavy atom. The van der Waals surface area contributed by atoms with Crippen molar-refractivity contribution in [3.8, 4) is 11.5 Å². The Hall–Kier alpha value is -3.28. The van der Waals surface area contributed by atoms with Crippen LogP contribution in [0.15, 0.2) is 46.0 Å². The summed E-state index contributed by atoms with van der Waals surface area (Å²) >= 11 is 1.53. The van der Waals surface area contributed by atoms with Crippen LogP contribution in [0, 0.1) is 6.92 Å². The van der Waals surface area contributed by atoms with Crippen LogP contribution in [0.4, 0.5) is 5.82 Å². The second-order valence-electron chi connectivity index (χ2n) is 10.3. The van der Waals surface area contributed by atoms with Gasteiger partial charge in [0.25, 0.3) is 5.91 Å². The maximum absolute atomic E-state index is 12.8. The molecule has 3 aromatic rings. The number of amides is 1. The molecule has 5 heterocycles. The lowest BCUT2D eigenvalue weighted by Gasteiger charge is -2.35. The zero-order chi connectivity index (χ0) is 26.8. The number of rotatable bonds is 7. The van der Waals surface area contributed by atoms with E-state index in [1.54, 1.807) is 6.07 Å². The molecule has 6 rings (SSSR count). The molecule has 0 bridgehead atoms. The maximum Gasteiger partial charge on any atom is 0.289 e. The number of aryl methyl sites for hydroxylation is 1. The van der Waals surface area contributed by atoms with Crippen LogP contribution in [0.5, 0.6) is 11.5 Å². The van der Waals surface area contributed by atoms with Crippen molar-refractivity contribution in [1.29, 1.82) is 0 Å². The third-order valence-electron chi connectivity index (χ3n) is 7.37. The van der Waals surface area contributed by atoms with Gasteiger partial charge in [-0.3, -0.25) is 9.69 Å². The lowest BCUT2D eigenvalue weighted by atomic mass is 10.1. The number of carbonyl (C=O) groups is 1. The molecule has 0 spiro atoms. The smallest absolute Gasteiger partial charge is 0.289 e. The van der Waals surface area contributed by atoms with Crippen molar-refractivity contribution in [3.05, 3.63) is 59.2 Å². The average Bonchev–Trinajstić information content (AvgIpc) is 3.62. The molecule has 2 aromatic heterocycles. The number of anilines is 1. The predicted octanol–water partition coefficient (Wildman–Crippen LogP) is 3.11. The van der Waals surface area contributed by atoms with E-state index in [0.717, 1.165) is 92.8 Å². The summed E-state index contributed by atoms with van der Waals surface area (Å²) in [5, 5.41) is 0.719. The van der Waals surface area contributed by atoms with Crippen molar-refractivity contribution in [2.45, 2.75) is 24.4 Å². The third kappa shape index (κ3) is 6.15. The predicted molar refractivity (Wildman–Crippen MR) is 148 cm³/mol. The minimum absolute atomic E-state index is 0.0360. The highest BCUT2D eigenvalue weighted by Gasteiger charge is 2.24. The van der Waals surface area contributed by atoms with E-state index < -0.39 is 0 Å². The van der Waals surface area contributed by atoms with Crippen LogP contribution in [-0.4, -0.2) is 96.8 Å². The second-order valence-corrected chi connectivity index (χ2v) is 11.2. The van der Waals surface area contributed by atoms with E-state index >= 15 is 0 Å². The van der Waals surface area contributed by atoms with Crippen molar-refractivity contribution >= 4 is 23.5 Å². The van der Waals surface area contributed by atoms with Gasteiger partial charge in [0, 0.05) is 70.7 Å². The number of furan rings is 1. The molecule has 0 atom stereocenters. The van der Waals surface area contributed by atoms with Crippen molar-refractivity contribution in [1.82, 2.24) is 24.7 Å². The molecule has 1 aromatic carbocycles. The molecule has 3 aliphatic rings. The van der Waals surface area contributed by atoms with Gasteiger partial charge in [0.2, 0.25) is 6.79 Å². The highest BCUT2D eigenvalue weighted by Crippen LogP contribution is 2.33. The first kappa shape index (κ1) is 26.0. The van der Waals surface area contributed by atoms with Gasteiger partial charge in [-0.25, -0.2) is 9.97 Å². The number of likely N-dealkylation sites (N-methyl/N-ethyl adjacent to an activating group) is 1. The Morgan fingerprint density at radius 1 is 0.923 bits per heavy atom. The summed E-state index contributed by atoms with van der Waals surface area (Å²) in [7, 11) is 2.07. The van der Waals surface area contributed by atoms with Gasteiger partial charge < -0.3 is 28.6 Å². The van der Waals surface area contributed by atoms with E-state index in [-0.39, 0.29) is 5.91 Å². The number of fused-ring (bicyclic) bond motifs is 1. The zero-order valence-electron chi connectivity index (χ0n) is 22.5. The van der Waals surface area contributed by atoms with Gasteiger partial charge in [-0.1, -0.05) is 17.8 Å². The van der Waals surface area contributed by atoms with E-state index in [0.29, 0.717) is 18.3 Å². The van der Waals surface area contributed by atoms with Crippen LogP contribution in [0.2, 0.25) is 0 Å². The minimum Gasteiger partial charge on any atom is -0.455 e. The quantitative estimate of drug-likeness (QED) is 0.323. The summed E-state index contributed by atoms with van der Waals surface area (Å²) < 4.78 is 16.8. The fraction of sp³-hybridized carbons (Fsp3) is 0.464. The van der Waals surface area contributed by atoms with Crippen LogP contribution >= 0.6 is 11.8 Å². The fourth-order valence-electron chi connectivity index (χ4n) is 5.06. The second kappa shape index (κ2) is 11.4. The first-order chi connectivity index (χ1) is 19.0. The zero-order valence-corrected chi connectivity index (χ0v) is 23.3. The number of hydrogen-bond donors (Lipinski definition) is 0. The molecule has 39 heavy (non-hydrogen) atoms. The van der Waals surface area contributed by atoms with Crippen LogP contribution < -0.4 is 14.4 Å². The van der Waals surface area contributed by atoms with E-state index in [4.69, 9.17) is 18.9 Å². The highest BCUT2D eigenvalue weighted by atomic mass is 32.2. The molecule has 3 aliphatic heterocycles. The van der Waals surface area contributed by atoms with Gasteiger partial charge >= 0.3 is 0 Å². The molecule has 11 heteroatoms. The molecule has 10 nitrogen and oxygen atoms in total. The van der Waals surface area contributed by atoms with Crippen LogP contribution in [0.1, 0.15) is 27.6 Å². The fourth-order valence-corrected chi connectivity index (χ4v) is 5.85. The molecule has 206 valence electrons. The van der Waals surface area contributed by atoms with Crippen LogP contribution in [0.25, 0.3) is 0 Å². The van der Waals surface area contributed by atoms with Crippen LogP contribution in [-0.2, 0) is 12.3 Å². The number of ether oxygens (including phenoxy) is 2. The molecule has 0 unspecified atom stereocenters. The Kier molecular flexibility index (Phi) is 7.62. The van der Waals surface area contributed by atoms with E-state index in [9.17, 15) is 4.79 Å². The Balaban J connectivity index is 1.02. The van der Waals surface area contributed by atoms with Gasteiger partial charge in [-0.2, -0.15) is 0 Å². The molecule has 0 N–H and O–H groups in total. The molecular weight excluding hydrogens is 516 g/mol. The number of thioether (sulfide) groups is 1. The third-order valence-corrected chi connectivity index (χ3v) is 8.24. The Morgan fingerprint density at radius 3 is 2.54 bits per heavy atom. The standard InChI is InChI=1S/C28H34N6O4S/c1-20-15-26(33-13-9-32(10-14-33)17-21-3-5-23-25(16-21)37-19-36-23)30-28(29-20)39-18-22-4-6-24(38-22)27(35)34-11-7-31(2)8-12-34/h3-6,15-16H,7-14,17-19H2,1-2H3. The summed E-state index contributed by atoms with van der Waals surface area (Å²) in [5.41, 5.74) is 2.17. The SMILES string of the molecule is Cc1cc(N2CCN(Cc3ccc4c(c3)OCO4)CC2)nc(SCc2ccc(C(=O)N3CCN(C)CC3)o2)n1. The first-order valence-electron chi connectivity index (χ1n) is 13.4. The lowest BCUT2D eigenvalue weighted by Crippen LogP contribution is -2.47. The van der Waals surface area contributed by atoms with Crippen molar-refractivity contribution in [3.63, 3.8) is 0 Å². The average molecular weight is 551 g/mol. The van der Waals surface area contributed by atoms with Gasteiger partial charge in [-0.15, -0.1) is 0 Å². The number of carbonyl (C=O) groups excluding carboxylic acids is 1. The number of aromatic nitrogens is 2. The lowest BCUT2D eigenvalue weighted by molar-refractivity contribution is 0.0631. The molecular formula is C28H34N6O4S. The topological polar surface area (TPSA) is 87.4 Å². The molecule has 2 fully saturated rings. The van der Waals surface area contributed by atoms with Crippen molar-refractivity contribution < 1.29 is 18.7 Å². The largest absolute Gasteiger partial charge is 0.455 e. The Bertz CT molecular complexity index is 1320. The molecule has 0 radical (unpaired) electrons. The molecule has 0 saturated carbocycles. The van der Waals surface area contributed by atoms with Gasteiger partial charge in [0.1, 0.15) is 11.6 Å². The van der Waals surface area contributed by atoms with E-state index in [1.165, 1.54) is 17.3 Å². The molecule has 1 amide bonds. The number of benzene rings is 1. The highest BCUT2D eigenvalue weighted by molar-refractivity contribution is 7.98. The summed E-state index contributed by atoms with van der Waals surface area (Å²) in [6.45, 7) is 10.1. The van der Waals surface area contributed by atoms with Crippen molar-refractivity contribution in [2.75, 3.05) is 71.1 Å². The Labute approximate surface area is 232 Å². The molecule has 2 saturated heterocycles. The summed E-state index contributed by atoms with van der Waals surface area (Å²) in [6, 6.07) is 11.9. The molecule has 0 aliphatic carbocycles. The minimum atomic E-state index is -0.0360. The summed E-state index contributed by atoms with van der Waals surface area (Å²) in [6.07, 6.45) is 0. The summed E-state index contributed by atoms with van der Waals surface area (Å²) in [4.78, 5) is 31.1. The number of hydrogen-bond acceptors (Lipinski definition) is 10. The van der Waals surface area contributed by atoms with E-state index in [1.807, 2.05) is 24.0 Å². The van der Waals surface area contributed by atoms with Crippen LogP contribution in [0.3, 0.4) is 0 Å². The first-order valence-corrected chi connectivity index (χ1v) is 14.4. The van der Waals surface area contributed by atoms with Gasteiger partial charge in [0.05, 0.1) is 5.75 Å². The van der Waals surface area contributed by atoms with Crippen molar-refractivity contribution in [2.24, 2.45) is 0 Å². The number of piperazine rings is 2. The monoisotopic (exact) mass is 550 g/mol. The normalized spacial score (nSPS) is 18.1. The van der Waals surface area contributed by atoms with Gasteiger partial charge in [-0.05, 0) is 43.8 Å². The van der Waals surface area contributed by atoms with Gasteiger partial charge in [0.15, 0.2) is 22.4 Å². The summed E-state index contributed by atoms with van der Waals surface area (Å²) in [5.74, 6) is 4.30. The van der Waals surface area contributed by atoms with E-state index in [2.05, 4.69) is 44.9 Å².